The van der Waals surface area contributed by atoms with Crippen molar-refractivity contribution in [1.29, 1.82) is 0 Å². The van der Waals surface area contributed by atoms with Crippen LogP contribution >= 0.6 is 11.3 Å². The summed E-state index contributed by atoms with van der Waals surface area (Å²) in [5.41, 5.74) is 1.76. The lowest BCUT2D eigenvalue weighted by molar-refractivity contribution is 0.0939. The van der Waals surface area contributed by atoms with Crippen LogP contribution in [0.1, 0.15) is 60.8 Å². The van der Waals surface area contributed by atoms with Crippen LogP contribution in [0.5, 0.6) is 0 Å². The fourth-order valence-corrected chi connectivity index (χ4v) is 3.39. The second-order valence-electron chi connectivity index (χ2n) is 6.97. The van der Waals surface area contributed by atoms with Gasteiger partial charge in [-0.05, 0) is 49.4 Å². The number of hydrogen-bond acceptors (Lipinski definition) is 3. The minimum Gasteiger partial charge on any atom is -0.357 e. The van der Waals surface area contributed by atoms with E-state index in [1.807, 2.05) is 31.2 Å². The summed E-state index contributed by atoms with van der Waals surface area (Å²) >= 11 is 1.78. The highest BCUT2D eigenvalue weighted by molar-refractivity contribution is 7.10. The van der Waals surface area contributed by atoms with Gasteiger partial charge in [0.2, 0.25) is 0 Å². The SMILES string of the molecule is CCNC(=NCc1ccc(C(=O)NC(C)CC)cc1)NCC(C)c1cccs1. The maximum atomic E-state index is 12.2. The molecule has 6 heteroatoms. The average molecular weight is 401 g/mol. The van der Waals surface area contributed by atoms with E-state index in [1.165, 1.54) is 4.88 Å². The summed E-state index contributed by atoms with van der Waals surface area (Å²) in [6, 6.07) is 12.1. The molecule has 1 aromatic carbocycles. The summed E-state index contributed by atoms with van der Waals surface area (Å²) in [4.78, 5) is 18.2. The number of nitrogens with zero attached hydrogens (tertiary/aromatic N) is 1. The maximum absolute atomic E-state index is 12.2. The first-order valence-corrected chi connectivity index (χ1v) is 10.9. The van der Waals surface area contributed by atoms with Gasteiger partial charge in [0.05, 0.1) is 6.54 Å². The Labute approximate surface area is 172 Å². The van der Waals surface area contributed by atoms with Gasteiger partial charge in [0, 0.05) is 35.5 Å². The van der Waals surface area contributed by atoms with Gasteiger partial charge in [-0.25, -0.2) is 4.99 Å². The predicted octanol–water partition coefficient (Wildman–Crippen LogP) is 4.14. The van der Waals surface area contributed by atoms with Crippen molar-refractivity contribution in [3.8, 4) is 0 Å². The van der Waals surface area contributed by atoms with Gasteiger partial charge in [-0.15, -0.1) is 11.3 Å². The molecule has 0 aliphatic rings. The Bertz CT molecular complexity index is 740. The summed E-state index contributed by atoms with van der Waals surface area (Å²) in [5, 5.41) is 11.8. The lowest BCUT2D eigenvalue weighted by Gasteiger charge is -2.15. The molecule has 0 bridgehead atoms. The van der Waals surface area contributed by atoms with Crippen molar-refractivity contribution < 1.29 is 4.79 Å². The van der Waals surface area contributed by atoms with E-state index in [1.54, 1.807) is 11.3 Å². The highest BCUT2D eigenvalue weighted by atomic mass is 32.1. The molecule has 3 N–H and O–H groups in total. The lowest BCUT2D eigenvalue weighted by Crippen LogP contribution is -2.39. The number of aliphatic imine (C=N–C) groups is 1. The van der Waals surface area contributed by atoms with E-state index in [-0.39, 0.29) is 11.9 Å². The third kappa shape index (κ3) is 7.00. The van der Waals surface area contributed by atoms with Gasteiger partial charge >= 0.3 is 0 Å². The molecule has 0 fully saturated rings. The highest BCUT2D eigenvalue weighted by Gasteiger charge is 2.09. The standard InChI is InChI=1S/C22H32N4OS/c1-5-17(4)26-21(27)19-11-9-18(10-12-19)15-25-22(23-6-2)24-14-16(3)20-8-7-13-28-20/h7-13,16-17H,5-6,14-15H2,1-4H3,(H,26,27)(H2,23,24,25). The molecule has 1 heterocycles. The van der Waals surface area contributed by atoms with E-state index >= 15 is 0 Å². The van der Waals surface area contributed by atoms with Crippen molar-refractivity contribution in [2.75, 3.05) is 13.1 Å². The first kappa shape index (κ1) is 22.0. The van der Waals surface area contributed by atoms with Gasteiger partial charge in [-0.2, -0.15) is 0 Å². The van der Waals surface area contributed by atoms with Crippen molar-refractivity contribution in [1.82, 2.24) is 16.0 Å². The van der Waals surface area contributed by atoms with E-state index in [2.05, 4.69) is 59.2 Å². The van der Waals surface area contributed by atoms with Crippen molar-refractivity contribution >= 4 is 23.2 Å². The van der Waals surface area contributed by atoms with Crippen LogP contribution in [0.25, 0.3) is 0 Å². The summed E-state index contributed by atoms with van der Waals surface area (Å²) < 4.78 is 0. The lowest BCUT2D eigenvalue weighted by atomic mass is 10.1. The maximum Gasteiger partial charge on any atom is 0.251 e. The van der Waals surface area contributed by atoms with Crippen LogP contribution in [0.3, 0.4) is 0 Å². The molecule has 2 unspecified atom stereocenters. The molecule has 152 valence electrons. The third-order valence-corrected chi connectivity index (χ3v) is 5.68. The first-order chi connectivity index (χ1) is 13.5. The number of amides is 1. The second kappa shape index (κ2) is 11.5. The molecule has 0 aliphatic carbocycles. The van der Waals surface area contributed by atoms with Gasteiger partial charge < -0.3 is 16.0 Å². The van der Waals surface area contributed by atoms with E-state index in [4.69, 9.17) is 0 Å². The van der Waals surface area contributed by atoms with E-state index in [0.717, 1.165) is 31.0 Å². The molecule has 2 aromatic rings. The fraction of sp³-hybridized carbons (Fsp3) is 0.455. The molecule has 5 nitrogen and oxygen atoms in total. The monoisotopic (exact) mass is 400 g/mol. The van der Waals surface area contributed by atoms with Crippen LogP contribution in [-0.4, -0.2) is 31.0 Å². The first-order valence-electron chi connectivity index (χ1n) is 9.98. The Kier molecular flexibility index (Phi) is 9.01. The Hall–Kier alpha value is -2.34. The number of carbonyl (C=O) groups excluding carboxylic acids is 1. The molecule has 0 saturated carbocycles. The molecule has 0 saturated heterocycles. The molecule has 1 amide bonds. The normalized spacial score (nSPS) is 13.6. The second-order valence-corrected chi connectivity index (χ2v) is 7.95. The van der Waals surface area contributed by atoms with Crippen LogP contribution in [-0.2, 0) is 6.54 Å². The molecular formula is C22H32N4OS. The molecular weight excluding hydrogens is 368 g/mol. The quantitative estimate of drug-likeness (QED) is 0.438. The van der Waals surface area contributed by atoms with E-state index in [9.17, 15) is 4.79 Å². The largest absolute Gasteiger partial charge is 0.357 e. The van der Waals surface area contributed by atoms with Crippen molar-refractivity contribution in [3.63, 3.8) is 0 Å². The van der Waals surface area contributed by atoms with Gasteiger partial charge in [-0.1, -0.05) is 32.0 Å². The molecule has 1 aromatic heterocycles. The summed E-state index contributed by atoms with van der Waals surface area (Å²) in [6.07, 6.45) is 0.920. The van der Waals surface area contributed by atoms with E-state index in [0.29, 0.717) is 18.0 Å². The van der Waals surface area contributed by atoms with Crippen LogP contribution in [0.15, 0.2) is 46.8 Å². The Balaban J connectivity index is 1.91. The molecule has 2 rings (SSSR count). The average Bonchev–Trinajstić information content (AvgIpc) is 3.25. The summed E-state index contributed by atoms with van der Waals surface area (Å²) in [7, 11) is 0. The number of guanidine groups is 1. The molecule has 0 radical (unpaired) electrons. The third-order valence-electron chi connectivity index (χ3n) is 4.57. The Morgan fingerprint density at radius 1 is 1.11 bits per heavy atom. The van der Waals surface area contributed by atoms with Crippen LogP contribution in [0.2, 0.25) is 0 Å². The number of rotatable bonds is 9. The topological polar surface area (TPSA) is 65.5 Å². The van der Waals surface area contributed by atoms with Crippen LogP contribution in [0, 0.1) is 0 Å². The molecule has 0 aliphatic heterocycles. The molecule has 2 atom stereocenters. The summed E-state index contributed by atoms with van der Waals surface area (Å²) in [6.45, 7) is 10.6. The van der Waals surface area contributed by atoms with Gasteiger partial charge in [0.1, 0.15) is 0 Å². The van der Waals surface area contributed by atoms with Crippen molar-refractivity contribution in [3.05, 3.63) is 57.8 Å². The molecule has 28 heavy (non-hydrogen) atoms. The van der Waals surface area contributed by atoms with Crippen molar-refractivity contribution in [2.24, 2.45) is 4.99 Å². The minimum atomic E-state index is -0.0260. The van der Waals surface area contributed by atoms with E-state index < -0.39 is 0 Å². The highest BCUT2D eigenvalue weighted by Crippen LogP contribution is 2.19. The number of benzene rings is 1. The predicted molar refractivity (Wildman–Crippen MR) is 119 cm³/mol. The summed E-state index contributed by atoms with van der Waals surface area (Å²) in [5.74, 6) is 1.22. The fourth-order valence-electron chi connectivity index (χ4n) is 2.60. The van der Waals surface area contributed by atoms with Gasteiger partial charge in [0.15, 0.2) is 5.96 Å². The van der Waals surface area contributed by atoms with Crippen molar-refractivity contribution in [2.45, 2.75) is 52.6 Å². The number of hydrogen-bond donors (Lipinski definition) is 3. The van der Waals surface area contributed by atoms with Crippen LogP contribution < -0.4 is 16.0 Å². The number of thiophene rings is 1. The Morgan fingerprint density at radius 3 is 2.46 bits per heavy atom. The zero-order valence-corrected chi connectivity index (χ0v) is 18.1. The minimum absolute atomic E-state index is 0.0260. The van der Waals surface area contributed by atoms with Gasteiger partial charge in [0.25, 0.3) is 5.91 Å². The zero-order chi connectivity index (χ0) is 20.4. The molecule has 0 spiro atoms. The number of carbonyl (C=O) groups is 1. The Morgan fingerprint density at radius 2 is 1.86 bits per heavy atom. The van der Waals surface area contributed by atoms with Gasteiger partial charge in [-0.3, -0.25) is 4.79 Å². The zero-order valence-electron chi connectivity index (χ0n) is 17.3. The van der Waals surface area contributed by atoms with Crippen LogP contribution in [0.4, 0.5) is 0 Å². The number of nitrogens with one attached hydrogen (secondary N) is 3. The smallest absolute Gasteiger partial charge is 0.251 e.